The number of pyridine rings is 1. The first-order valence-electron chi connectivity index (χ1n) is 10.7. The van der Waals surface area contributed by atoms with Crippen LogP contribution >= 0.6 is 0 Å². The van der Waals surface area contributed by atoms with Gasteiger partial charge in [-0.15, -0.1) is 0 Å². The largest absolute Gasteiger partial charge is 0.493 e. The van der Waals surface area contributed by atoms with Crippen LogP contribution in [0.3, 0.4) is 0 Å². The summed E-state index contributed by atoms with van der Waals surface area (Å²) in [7, 11) is 3.38. The average Bonchev–Trinajstić information content (AvgIpc) is 3.31. The van der Waals surface area contributed by atoms with E-state index in [1.54, 1.807) is 42.3 Å². The van der Waals surface area contributed by atoms with Gasteiger partial charge in [-0.3, -0.25) is 9.78 Å². The number of para-hydroxylation sites is 1. The number of benzene rings is 2. The Labute approximate surface area is 193 Å². The molecule has 4 rings (SSSR count). The molecule has 0 atom stereocenters. The zero-order chi connectivity index (χ0) is 23.2. The number of aromatic nitrogens is 3. The van der Waals surface area contributed by atoms with E-state index in [4.69, 9.17) is 14.6 Å². The zero-order valence-electron chi connectivity index (χ0n) is 18.9. The molecule has 0 aliphatic rings. The normalized spacial score (nSPS) is 10.6. The molecule has 1 amide bonds. The van der Waals surface area contributed by atoms with Crippen LogP contribution in [0.4, 0.5) is 0 Å². The molecule has 33 heavy (non-hydrogen) atoms. The zero-order valence-corrected chi connectivity index (χ0v) is 18.9. The lowest BCUT2D eigenvalue weighted by Crippen LogP contribution is -2.26. The molecule has 0 saturated carbocycles. The Bertz CT molecular complexity index is 1220. The maximum Gasteiger partial charge on any atom is 0.257 e. The SMILES string of the molecule is CCOc1ccc(CN(C)C(=O)c2cn(-c3ccccc3)nc2-c2cccnc2)cc1OC. The summed E-state index contributed by atoms with van der Waals surface area (Å²) >= 11 is 0. The first-order valence-corrected chi connectivity index (χ1v) is 10.7. The molecule has 0 bridgehead atoms. The summed E-state index contributed by atoms with van der Waals surface area (Å²) in [5.74, 6) is 1.19. The smallest absolute Gasteiger partial charge is 0.257 e. The Balaban J connectivity index is 1.65. The first-order chi connectivity index (χ1) is 16.1. The van der Waals surface area contributed by atoms with Crippen LogP contribution in [0.5, 0.6) is 11.5 Å². The fraction of sp³-hybridized carbons (Fsp3) is 0.192. The molecule has 0 N–H and O–H groups in total. The molecule has 0 fully saturated rings. The third-order valence-corrected chi connectivity index (χ3v) is 5.19. The van der Waals surface area contributed by atoms with Gasteiger partial charge in [0.15, 0.2) is 11.5 Å². The standard InChI is InChI=1S/C26H26N4O3/c1-4-33-23-13-12-19(15-24(23)32-3)17-29(2)26(31)22-18-30(21-10-6-5-7-11-21)28-25(22)20-9-8-14-27-16-20/h5-16,18H,4,17H2,1-3H3. The molecule has 0 aliphatic heterocycles. The summed E-state index contributed by atoms with van der Waals surface area (Å²) in [6.45, 7) is 2.89. The molecule has 0 spiro atoms. The molecule has 2 heterocycles. The van der Waals surface area contributed by atoms with Gasteiger partial charge in [0.2, 0.25) is 0 Å². The van der Waals surface area contributed by atoms with Crippen LogP contribution in [0.15, 0.2) is 79.3 Å². The molecule has 0 saturated heterocycles. The number of hydrogen-bond acceptors (Lipinski definition) is 5. The topological polar surface area (TPSA) is 69.5 Å². The van der Waals surface area contributed by atoms with E-state index in [0.29, 0.717) is 35.9 Å². The lowest BCUT2D eigenvalue weighted by atomic mass is 10.1. The molecule has 0 unspecified atom stereocenters. The average molecular weight is 443 g/mol. The molecule has 7 nitrogen and oxygen atoms in total. The minimum Gasteiger partial charge on any atom is -0.493 e. The van der Waals surface area contributed by atoms with Gasteiger partial charge in [-0.1, -0.05) is 24.3 Å². The van der Waals surface area contributed by atoms with Gasteiger partial charge in [-0.2, -0.15) is 5.10 Å². The van der Waals surface area contributed by atoms with Gasteiger partial charge in [0.1, 0.15) is 5.69 Å². The van der Waals surface area contributed by atoms with Gasteiger partial charge in [0.05, 0.1) is 25.0 Å². The highest BCUT2D eigenvalue weighted by atomic mass is 16.5. The highest BCUT2D eigenvalue weighted by Crippen LogP contribution is 2.29. The van der Waals surface area contributed by atoms with E-state index in [-0.39, 0.29) is 5.91 Å². The van der Waals surface area contributed by atoms with E-state index in [0.717, 1.165) is 16.8 Å². The molecule has 0 radical (unpaired) electrons. The molecule has 168 valence electrons. The van der Waals surface area contributed by atoms with Crippen molar-refractivity contribution in [2.75, 3.05) is 20.8 Å². The highest BCUT2D eigenvalue weighted by Gasteiger charge is 2.22. The number of methoxy groups -OCH3 is 1. The number of nitrogens with zero attached hydrogens (tertiary/aromatic N) is 4. The number of ether oxygens (including phenoxy) is 2. The minimum absolute atomic E-state index is 0.135. The quantitative estimate of drug-likeness (QED) is 0.398. The second kappa shape index (κ2) is 9.99. The Morgan fingerprint density at radius 2 is 1.88 bits per heavy atom. The van der Waals surface area contributed by atoms with Gasteiger partial charge in [0, 0.05) is 37.7 Å². The van der Waals surface area contributed by atoms with Crippen molar-refractivity contribution in [1.82, 2.24) is 19.7 Å². The summed E-state index contributed by atoms with van der Waals surface area (Å²) in [6.07, 6.45) is 5.19. The fourth-order valence-corrected chi connectivity index (χ4v) is 3.60. The predicted octanol–water partition coefficient (Wildman–Crippen LogP) is 4.61. The number of amides is 1. The van der Waals surface area contributed by atoms with Gasteiger partial charge in [0.25, 0.3) is 5.91 Å². The summed E-state index contributed by atoms with van der Waals surface area (Å²) in [5.41, 5.74) is 3.69. The molecule has 4 aromatic rings. The number of rotatable bonds is 8. The van der Waals surface area contributed by atoms with E-state index < -0.39 is 0 Å². The van der Waals surface area contributed by atoms with E-state index in [1.165, 1.54) is 0 Å². The van der Waals surface area contributed by atoms with Crippen molar-refractivity contribution < 1.29 is 14.3 Å². The number of carbonyl (C=O) groups excluding carboxylic acids is 1. The predicted molar refractivity (Wildman–Crippen MR) is 127 cm³/mol. The van der Waals surface area contributed by atoms with Crippen LogP contribution in [0.25, 0.3) is 16.9 Å². The second-order valence-electron chi connectivity index (χ2n) is 7.49. The second-order valence-corrected chi connectivity index (χ2v) is 7.49. The van der Waals surface area contributed by atoms with Crippen molar-refractivity contribution in [3.05, 3.63) is 90.4 Å². The van der Waals surface area contributed by atoms with Crippen LogP contribution in [0.2, 0.25) is 0 Å². The van der Waals surface area contributed by atoms with Crippen molar-refractivity contribution in [3.8, 4) is 28.4 Å². The first kappa shape index (κ1) is 22.1. The lowest BCUT2D eigenvalue weighted by Gasteiger charge is -2.18. The summed E-state index contributed by atoms with van der Waals surface area (Å²) in [5, 5.41) is 4.71. The molecular weight excluding hydrogens is 416 g/mol. The molecule has 2 aromatic heterocycles. The third-order valence-electron chi connectivity index (χ3n) is 5.19. The minimum atomic E-state index is -0.135. The van der Waals surface area contributed by atoms with Crippen molar-refractivity contribution in [2.45, 2.75) is 13.5 Å². The van der Waals surface area contributed by atoms with Gasteiger partial charge < -0.3 is 14.4 Å². The molecule has 2 aromatic carbocycles. The van der Waals surface area contributed by atoms with Crippen LogP contribution in [0.1, 0.15) is 22.8 Å². The fourth-order valence-electron chi connectivity index (χ4n) is 3.60. The van der Waals surface area contributed by atoms with Crippen molar-refractivity contribution in [1.29, 1.82) is 0 Å². The highest BCUT2D eigenvalue weighted by molar-refractivity contribution is 5.99. The summed E-state index contributed by atoms with van der Waals surface area (Å²) < 4.78 is 12.8. The van der Waals surface area contributed by atoms with Crippen LogP contribution in [-0.2, 0) is 6.54 Å². The number of carbonyl (C=O) groups is 1. The molecule has 7 heteroatoms. The van der Waals surface area contributed by atoms with Crippen molar-refractivity contribution in [2.24, 2.45) is 0 Å². The summed E-state index contributed by atoms with van der Waals surface area (Å²) in [6, 6.07) is 19.1. The van der Waals surface area contributed by atoms with E-state index in [2.05, 4.69) is 4.98 Å². The van der Waals surface area contributed by atoms with Gasteiger partial charge in [-0.25, -0.2) is 4.68 Å². The third kappa shape index (κ3) is 4.87. The lowest BCUT2D eigenvalue weighted by molar-refractivity contribution is 0.0785. The Morgan fingerprint density at radius 1 is 1.06 bits per heavy atom. The Hall–Kier alpha value is -4.13. The van der Waals surface area contributed by atoms with E-state index >= 15 is 0 Å². The van der Waals surface area contributed by atoms with Crippen molar-refractivity contribution in [3.63, 3.8) is 0 Å². The monoisotopic (exact) mass is 442 g/mol. The van der Waals surface area contributed by atoms with E-state index in [9.17, 15) is 4.79 Å². The van der Waals surface area contributed by atoms with E-state index in [1.807, 2.05) is 67.6 Å². The Kier molecular flexibility index (Phi) is 6.69. The number of hydrogen-bond donors (Lipinski definition) is 0. The summed E-state index contributed by atoms with van der Waals surface area (Å²) in [4.78, 5) is 19.4. The van der Waals surface area contributed by atoms with Crippen LogP contribution in [0, 0.1) is 0 Å². The molecular formula is C26H26N4O3. The molecule has 0 aliphatic carbocycles. The van der Waals surface area contributed by atoms with Gasteiger partial charge >= 0.3 is 0 Å². The van der Waals surface area contributed by atoms with Crippen LogP contribution in [-0.4, -0.2) is 46.3 Å². The van der Waals surface area contributed by atoms with Crippen molar-refractivity contribution >= 4 is 5.91 Å². The van der Waals surface area contributed by atoms with Gasteiger partial charge in [-0.05, 0) is 48.9 Å². The maximum atomic E-state index is 13.5. The van der Waals surface area contributed by atoms with Crippen LogP contribution < -0.4 is 9.47 Å². The Morgan fingerprint density at radius 3 is 2.58 bits per heavy atom. The maximum absolute atomic E-state index is 13.5.